The molecule has 2 aliphatic heterocycles. The number of nitrogens with one attached hydrogen (secondary N) is 2. The summed E-state index contributed by atoms with van der Waals surface area (Å²) in [5.74, 6) is 0.815. The highest BCUT2D eigenvalue weighted by Crippen LogP contribution is 2.20. The number of aromatic nitrogens is 2. The average Bonchev–Trinajstić information content (AvgIpc) is 3.49. The van der Waals surface area contributed by atoms with E-state index in [1.807, 2.05) is 7.11 Å². The number of aryl methyl sites for hydroxylation is 2. The summed E-state index contributed by atoms with van der Waals surface area (Å²) in [7, 11) is 3.53. The zero-order valence-electron chi connectivity index (χ0n) is 19.9. The maximum Gasteiger partial charge on any atom is 0.144 e. The standard InChI is InChI=1S/C27H32N4O2/c1-17-13-18(2)28-23(17)14-24-26(33-4)15-25(29-24)27-21(20-7-5-6-8-22(20)30-27)16-31-11-9-19(32-3)10-12-31/h5-8,13-15,19,28-29H,9-12,16H2,1-4H3/b24-14-,27-25?. The van der Waals surface area contributed by atoms with Crippen molar-refractivity contribution in [1.82, 2.24) is 14.9 Å². The van der Waals surface area contributed by atoms with Crippen molar-refractivity contribution in [2.75, 3.05) is 33.9 Å². The van der Waals surface area contributed by atoms with E-state index in [2.05, 4.69) is 71.2 Å². The largest absolute Gasteiger partial charge is 0.494 e. The Bertz CT molecular complexity index is 1400. The second-order valence-corrected chi connectivity index (χ2v) is 9.03. The van der Waals surface area contributed by atoms with E-state index in [0.29, 0.717) is 6.10 Å². The van der Waals surface area contributed by atoms with Gasteiger partial charge in [0.25, 0.3) is 0 Å². The van der Waals surface area contributed by atoms with Crippen LogP contribution in [0, 0.1) is 13.8 Å². The Balaban J connectivity index is 1.60. The first-order valence-electron chi connectivity index (χ1n) is 11.6. The first kappa shape index (κ1) is 21.7. The molecule has 4 heterocycles. The number of H-pyrrole nitrogens is 2. The second-order valence-electron chi connectivity index (χ2n) is 9.03. The fourth-order valence-corrected chi connectivity index (χ4v) is 4.95. The molecule has 3 aromatic rings. The zero-order valence-corrected chi connectivity index (χ0v) is 19.9. The van der Waals surface area contributed by atoms with Crippen molar-refractivity contribution in [2.24, 2.45) is 4.99 Å². The molecule has 0 amide bonds. The lowest BCUT2D eigenvalue weighted by atomic mass is 10.0. The summed E-state index contributed by atoms with van der Waals surface area (Å²) in [6.07, 6.45) is 4.63. The smallest absolute Gasteiger partial charge is 0.144 e. The van der Waals surface area contributed by atoms with Crippen molar-refractivity contribution in [1.29, 1.82) is 0 Å². The quantitative estimate of drug-likeness (QED) is 0.627. The third-order valence-electron chi connectivity index (χ3n) is 6.76. The lowest BCUT2D eigenvalue weighted by Crippen LogP contribution is -2.39. The summed E-state index contributed by atoms with van der Waals surface area (Å²) in [4.78, 5) is 14.6. The number of hydrogen-bond donors (Lipinski definition) is 2. The summed E-state index contributed by atoms with van der Waals surface area (Å²) < 4.78 is 11.3. The Kier molecular flexibility index (Phi) is 5.96. The predicted molar refractivity (Wildman–Crippen MR) is 131 cm³/mol. The van der Waals surface area contributed by atoms with Crippen molar-refractivity contribution in [3.8, 4) is 5.75 Å². The maximum absolute atomic E-state index is 5.73. The molecule has 2 aliphatic rings. The first-order chi connectivity index (χ1) is 16.1. The minimum Gasteiger partial charge on any atom is -0.494 e. The predicted octanol–water partition coefficient (Wildman–Crippen LogP) is 1.50. The van der Waals surface area contributed by atoms with Crippen LogP contribution >= 0.6 is 0 Å². The average molecular weight is 445 g/mol. The number of likely N-dealkylation sites (tertiary alicyclic amines) is 1. The van der Waals surface area contributed by atoms with Crippen molar-refractivity contribution >= 4 is 17.3 Å². The summed E-state index contributed by atoms with van der Waals surface area (Å²) in [5, 5.41) is 4.17. The molecule has 0 saturated carbocycles. The van der Waals surface area contributed by atoms with Crippen LogP contribution in [0.4, 0.5) is 0 Å². The molecule has 172 valence electrons. The molecule has 1 fully saturated rings. The third-order valence-corrected chi connectivity index (χ3v) is 6.76. The molecular formula is C27H32N4O2. The Labute approximate surface area is 194 Å². The minimum absolute atomic E-state index is 0.376. The molecule has 0 radical (unpaired) electrons. The number of methoxy groups -OCH3 is 2. The van der Waals surface area contributed by atoms with Gasteiger partial charge in [-0.1, -0.05) is 18.2 Å². The highest BCUT2D eigenvalue weighted by atomic mass is 16.5. The van der Waals surface area contributed by atoms with Gasteiger partial charge < -0.3 is 19.4 Å². The second kappa shape index (κ2) is 9.04. The van der Waals surface area contributed by atoms with Crippen LogP contribution < -0.4 is 26.0 Å². The number of para-hydroxylation sites is 1. The van der Waals surface area contributed by atoms with Gasteiger partial charge in [0.1, 0.15) is 5.75 Å². The molecule has 33 heavy (non-hydrogen) atoms. The van der Waals surface area contributed by atoms with Crippen LogP contribution in [0.25, 0.3) is 17.3 Å². The normalized spacial score (nSPS) is 19.2. The van der Waals surface area contributed by atoms with Crippen LogP contribution in [0.15, 0.2) is 41.4 Å². The number of piperidine rings is 1. The van der Waals surface area contributed by atoms with E-state index in [1.54, 1.807) is 7.11 Å². The van der Waals surface area contributed by atoms with Crippen molar-refractivity contribution in [2.45, 2.75) is 32.8 Å². The molecular weight excluding hydrogens is 412 g/mol. The first-order valence-corrected chi connectivity index (χ1v) is 11.6. The third kappa shape index (κ3) is 4.28. The van der Waals surface area contributed by atoms with Crippen LogP contribution in [-0.4, -0.2) is 54.8 Å². The molecule has 0 bridgehead atoms. The van der Waals surface area contributed by atoms with Gasteiger partial charge in [-0.2, -0.15) is 0 Å². The molecule has 2 aromatic heterocycles. The Morgan fingerprint density at radius 3 is 2.58 bits per heavy atom. The molecule has 0 aliphatic carbocycles. The molecule has 6 nitrogen and oxygen atoms in total. The van der Waals surface area contributed by atoms with Gasteiger partial charge in [0.05, 0.1) is 35.0 Å². The van der Waals surface area contributed by atoms with Crippen LogP contribution in [-0.2, 0) is 4.74 Å². The number of hydrogen-bond acceptors (Lipinski definition) is 4. The molecule has 1 aromatic carbocycles. The van der Waals surface area contributed by atoms with Crippen LogP contribution in [0.1, 0.15) is 29.8 Å². The van der Waals surface area contributed by atoms with Crippen LogP contribution in [0.5, 0.6) is 5.75 Å². The Morgan fingerprint density at radius 1 is 1.09 bits per heavy atom. The van der Waals surface area contributed by atoms with Crippen molar-refractivity contribution < 1.29 is 9.47 Å². The van der Waals surface area contributed by atoms with E-state index in [1.165, 1.54) is 16.4 Å². The van der Waals surface area contributed by atoms with Crippen molar-refractivity contribution in [3.05, 3.63) is 74.6 Å². The molecule has 5 rings (SSSR count). The summed E-state index contributed by atoms with van der Waals surface area (Å²) in [6, 6.07) is 12.6. The number of aromatic amines is 2. The summed E-state index contributed by atoms with van der Waals surface area (Å²) >= 11 is 0. The topological polar surface area (TPSA) is 65.6 Å². The lowest BCUT2D eigenvalue weighted by molar-refractivity contribution is 0.0451. The van der Waals surface area contributed by atoms with Gasteiger partial charge in [-0.3, -0.25) is 4.90 Å². The number of nitrogens with zero attached hydrogens (tertiary/aromatic N) is 2. The van der Waals surface area contributed by atoms with E-state index in [0.717, 1.165) is 71.4 Å². The van der Waals surface area contributed by atoms with Crippen molar-refractivity contribution in [3.63, 3.8) is 0 Å². The Morgan fingerprint density at radius 2 is 1.88 bits per heavy atom. The molecule has 2 N–H and O–H groups in total. The van der Waals surface area contributed by atoms with Gasteiger partial charge in [-0.05, 0) is 50.5 Å². The molecule has 0 unspecified atom stereocenters. The lowest BCUT2D eigenvalue weighted by Gasteiger charge is -2.31. The number of fused-ring (bicyclic) bond motifs is 1. The van der Waals surface area contributed by atoms with E-state index >= 15 is 0 Å². The van der Waals surface area contributed by atoms with Gasteiger partial charge in [-0.15, -0.1) is 0 Å². The number of ether oxygens (including phenoxy) is 2. The molecule has 0 atom stereocenters. The van der Waals surface area contributed by atoms with Gasteiger partial charge in [0, 0.05) is 55.0 Å². The van der Waals surface area contributed by atoms with Gasteiger partial charge >= 0.3 is 0 Å². The van der Waals surface area contributed by atoms with Crippen LogP contribution in [0.3, 0.4) is 0 Å². The Hall–Kier alpha value is -3.09. The van der Waals surface area contributed by atoms with Gasteiger partial charge in [0.15, 0.2) is 0 Å². The van der Waals surface area contributed by atoms with Gasteiger partial charge in [0.2, 0.25) is 0 Å². The van der Waals surface area contributed by atoms with E-state index < -0.39 is 0 Å². The monoisotopic (exact) mass is 444 g/mol. The fraction of sp³-hybridized carbons (Fsp3) is 0.370. The number of benzene rings is 1. The molecule has 6 heteroatoms. The molecule has 0 spiro atoms. The summed E-state index contributed by atoms with van der Waals surface area (Å²) in [6.45, 7) is 7.14. The van der Waals surface area contributed by atoms with E-state index in [9.17, 15) is 0 Å². The SMILES string of the molecule is COc1cc(=C2N=c3ccccc3=C2CN2CCC(OC)CC2)[nH]/c1=C\c1[nH]c(C)cc1C. The highest BCUT2D eigenvalue weighted by Gasteiger charge is 2.23. The fourth-order valence-electron chi connectivity index (χ4n) is 4.95. The maximum atomic E-state index is 5.73. The van der Waals surface area contributed by atoms with Crippen LogP contribution in [0.2, 0.25) is 0 Å². The molecule has 1 saturated heterocycles. The van der Waals surface area contributed by atoms with Gasteiger partial charge in [-0.25, -0.2) is 4.99 Å². The van der Waals surface area contributed by atoms with E-state index in [4.69, 9.17) is 14.5 Å². The van der Waals surface area contributed by atoms with E-state index in [-0.39, 0.29) is 0 Å². The minimum atomic E-state index is 0.376. The number of rotatable bonds is 5. The highest BCUT2D eigenvalue weighted by molar-refractivity contribution is 5.89. The summed E-state index contributed by atoms with van der Waals surface area (Å²) in [5.41, 5.74) is 5.71. The zero-order chi connectivity index (χ0) is 22.9.